The highest BCUT2D eigenvalue weighted by Gasteiger charge is 2.17. The largest absolute Gasteiger partial charge is 0.496 e. The Hall–Kier alpha value is -1.49. The van der Waals surface area contributed by atoms with Crippen molar-refractivity contribution in [2.45, 2.75) is 0 Å². The summed E-state index contributed by atoms with van der Waals surface area (Å²) in [5.41, 5.74) is 0.869. The standard InChI is InChI=1S/C10H8BrNO3/c1-15-6-4-2-3-5-7(6)8(11)9(12-5)10(13)14/h2-4,12H,1H3,(H,13,14). The molecule has 2 aromatic rings. The number of methoxy groups -OCH3 is 1. The molecular weight excluding hydrogens is 262 g/mol. The summed E-state index contributed by atoms with van der Waals surface area (Å²) >= 11 is 3.25. The van der Waals surface area contributed by atoms with Gasteiger partial charge in [-0.3, -0.25) is 0 Å². The van der Waals surface area contributed by atoms with Crippen molar-refractivity contribution in [2.24, 2.45) is 0 Å². The quantitative estimate of drug-likeness (QED) is 0.881. The van der Waals surface area contributed by atoms with Gasteiger partial charge < -0.3 is 14.8 Å². The third-order valence-corrected chi connectivity index (χ3v) is 2.95. The van der Waals surface area contributed by atoms with Gasteiger partial charge in [-0.25, -0.2) is 4.79 Å². The SMILES string of the molecule is COc1cccc2[nH]c(C(=O)O)c(Br)c12. The van der Waals surface area contributed by atoms with Crippen LogP contribution in [0.25, 0.3) is 10.9 Å². The number of ether oxygens (including phenoxy) is 1. The summed E-state index contributed by atoms with van der Waals surface area (Å²) in [4.78, 5) is 13.7. The number of aromatic carboxylic acids is 1. The van der Waals surface area contributed by atoms with E-state index in [1.165, 1.54) is 0 Å². The summed E-state index contributed by atoms with van der Waals surface area (Å²) in [5.74, 6) is -0.358. The van der Waals surface area contributed by atoms with E-state index in [1.54, 1.807) is 25.3 Å². The first-order chi connectivity index (χ1) is 7.15. The van der Waals surface area contributed by atoms with Gasteiger partial charge in [0.2, 0.25) is 0 Å². The fraction of sp³-hybridized carbons (Fsp3) is 0.100. The van der Waals surface area contributed by atoms with Crippen molar-refractivity contribution in [2.75, 3.05) is 7.11 Å². The van der Waals surface area contributed by atoms with Crippen LogP contribution in [0, 0.1) is 0 Å². The molecule has 0 unspecified atom stereocenters. The maximum atomic E-state index is 10.9. The van der Waals surface area contributed by atoms with Crippen LogP contribution in [0.3, 0.4) is 0 Å². The Morgan fingerprint density at radius 3 is 2.87 bits per heavy atom. The Kier molecular flexibility index (Phi) is 2.40. The number of carboxylic acid groups (broad SMARTS) is 1. The monoisotopic (exact) mass is 269 g/mol. The van der Waals surface area contributed by atoms with Crippen LogP contribution in [-0.2, 0) is 0 Å². The van der Waals surface area contributed by atoms with Crippen LogP contribution in [0.1, 0.15) is 10.5 Å². The number of carboxylic acids is 1. The number of rotatable bonds is 2. The molecule has 0 atom stereocenters. The average molecular weight is 270 g/mol. The number of carbonyl (C=O) groups is 1. The lowest BCUT2D eigenvalue weighted by Crippen LogP contribution is -1.96. The van der Waals surface area contributed by atoms with E-state index in [1.807, 2.05) is 0 Å². The Morgan fingerprint density at radius 1 is 1.53 bits per heavy atom. The Labute approximate surface area is 94.0 Å². The topological polar surface area (TPSA) is 62.3 Å². The van der Waals surface area contributed by atoms with E-state index in [-0.39, 0.29) is 5.69 Å². The van der Waals surface area contributed by atoms with Crippen LogP contribution in [0.5, 0.6) is 5.75 Å². The molecule has 2 N–H and O–H groups in total. The molecule has 0 saturated heterocycles. The first-order valence-electron chi connectivity index (χ1n) is 4.22. The van der Waals surface area contributed by atoms with Crippen LogP contribution in [-0.4, -0.2) is 23.2 Å². The third kappa shape index (κ3) is 1.48. The number of halogens is 1. The van der Waals surface area contributed by atoms with Gasteiger partial charge in [0, 0.05) is 0 Å². The lowest BCUT2D eigenvalue weighted by atomic mass is 10.2. The number of hydrogen-bond acceptors (Lipinski definition) is 2. The fourth-order valence-corrected chi connectivity index (χ4v) is 2.17. The molecule has 0 bridgehead atoms. The van der Waals surface area contributed by atoms with E-state index in [9.17, 15) is 4.79 Å². The van der Waals surface area contributed by atoms with E-state index in [0.29, 0.717) is 10.2 Å². The number of hydrogen-bond donors (Lipinski definition) is 2. The molecule has 0 aliphatic heterocycles. The highest BCUT2D eigenvalue weighted by atomic mass is 79.9. The van der Waals surface area contributed by atoms with Gasteiger partial charge in [-0.05, 0) is 28.1 Å². The maximum absolute atomic E-state index is 10.9. The maximum Gasteiger partial charge on any atom is 0.353 e. The smallest absolute Gasteiger partial charge is 0.353 e. The van der Waals surface area contributed by atoms with Crippen LogP contribution in [0.15, 0.2) is 22.7 Å². The molecule has 4 nitrogen and oxygen atoms in total. The Bertz CT molecular complexity index is 533. The highest BCUT2D eigenvalue weighted by molar-refractivity contribution is 9.10. The molecule has 0 radical (unpaired) electrons. The number of aromatic amines is 1. The van der Waals surface area contributed by atoms with Gasteiger partial charge in [0.15, 0.2) is 0 Å². The predicted octanol–water partition coefficient (Wildman–Crippen LogP) is 2.64. The summed E-state index contributed by atoms with van der Waals surface area (Å²) in [6.45, 7) is 0. The first kappa shape index (κ1) is 10.0. The number of fused-ring (bicyclic) bond motifs is 1. The van der Waals surface area contributed by atoms with Crippen molar-refractivity contribution >= 4 is 32.8 Å². The van der Waals surface area contributed by atoms with Crippen molar-refractivity contribution in [1.29, 1.82) is 0 Å². The van der Waals surface area contributed by atoms with Gasteiger partial charge in [-0.2, -0.15) is 0 Å². The highest BCUT2D eigenvalue weighted by Crippen LogP contribution is 2.34. The zero-order valence-corrected chi connectivity index (χ0v) is 9.46. The number of nitrogens with one attached hydrogen (secondary N) is 1. The zero-order valence-electron chi connectivity index (χ0n) is 7.87. The van der Waals surface area contributed by atoms with Crippen LogP contribution in [0.4, 0.5) is 0 Å². The van der Waals surface area contributed by atoms with E-state index < -0.39 is 5.97 Å². The van der Waals surface area contributed by atoms with Crippen molar-refractivity contribution in [1.82, 2.24) is 4.98 Å². The van der Waals surface area contributed by atoms with E-state index in [0.717, 1.165) is 10.9 Å². The minimum absolute atomic E-state index is 0.134. The summed E-state index contributed by atoms with van der Waals surface area (Å²) < 4.78 is 5.67. The summed E-state index contributed by atoms with van der Waals surface area (Å²) in [5, 5.41) is 9.68. The van der Waals surface area contributed by atoms with Crippen molar-refractivity contribution in [3.05, 3.63) is 28.4 Å². The zero-order chi connectivity index (χ0) is 11.0. The van der Waals surface area contributed by atoms with E-state index in [2.05, 4.69) is 20.9 Å². The predicted molar refractivity (Wildman–Crippen MR) is 59.5 cm³/mol. The molecular formula is C10H8BrNO3. The van der Waals surface area contributed by atoms with Crippen molar-refractivity contribution in [3.63, 3.8) is 0 Å². The van der Waals surface area contributed by atoms with E-state index >= 15 is 0 Å². The molecule has 5 heteroatoms. The number of aromatic nitrogens is 1. The first-order valence-corrected chi connectivity index (χ1v) is 5.02. The van der Waals surface area contributed by atoms with Crippen molar-refractivity contribution < 1.29 is 14.6 Å². The van der Waals surface area contributed by atoms with Gasteiger partial charge in [-0.1, -0.05) is 6.07 Å². The second-order valence-corrected chi connectivity index (χ2v) is 3.79. The fourth-order valence-electron chi connectivity index (χ4n) is 1.49. The number of benzene rings is 1. The normalized spacial score (nSPS) is 10.5. The minimum Gasteiger partial charge on any atom is -0.496 e. The summed E-state index contributed by atoms with van der Waals surface area (Å²) in [6.07, 6.45) is 0. The molecule has 0 aliphatic rings. The van der Waals surface area contributed by atoms with Gasteiger partial charge in [0.1, 0.15) is 11.4 Å². The molecule has 1 aromatic carbocycles. The van der Waals surface area contributed by atoms with Gasteiger partial charge in [0.25, 0.3) is 0 Å². The summed E-state index contributed by atoms with van der Waals surface area (Å²) in [6, 6.07) is 5.39. The molecule has 0 fully saturated rings. The molecule has 0 saturated carbocycles. The number of H-pyrrole nitrogens is 1. The second kappa shape index (κ2) is 3.58. The molecule has 0 aliphatic carbocycles. The average Bonchev–Trinajstić information content (AvgIpc) is 2.56. The second-order valence-electron chi connectivity index (χ2n) is 3.00. The van der Waals surface area contributed by atoms with Crippen LogP contribution < -0.4 is 4.74 Å². The molecule has 0 amide bonds. The van der Waals surface area contributed by atoms with Crippen molar-refractivity contribution in [3.8, 4) is 5.75 Å². The molecule has 1 aromatic heterocycles. The third-order valence-electron chi connectivity index (χ3n) is 2.16. The Balaban J connectivity index is 2.82. The minimum atomic E-state index is -1.000. The molecule has 0 spiro atoms. The molecule has 78 valence electrons. The Morgan fingerprint density at radius 2 is 2.27 bits per heavy atom. The van der Waals surface area contributed by atoms with E-state index in [4.69, 9.17) is 9.84 Å². The van der Waals surface area contributed by atoms with Gasteiger partial charge in [0.05, 0.1) is 22.5 Å². The molecule has 2 rings (SSSR count). The molecule has 1 heterocycles. The van der Waals surface area contributed by atoms with Gasteiger partial charge in [-0.15, -0.1) is 0 Å². The van der Waals surface area contributed by atoms with Gasteiger partial charge >= 0.3 is 5.97 Å². The lowest BCUT2D eigenvalue weighted by Gasteiger charge is -2.00. The lowest BCUT2D eigenvalue weighted by molar-refractivity contribution is 0.0690. The molecule has 15 heavy (non-hydrogen) atoms. The van der Waals surface area contributed by atoms with Crippen LogP contribution >= 0.6 is 15.9 Å². The van der Waals surface area contributed by atoms with Crippen LogP contribution in [0.2, 0.25) is 0 Å². The summed E-state index contributed by atoms with van der Waals surface area (Å²) in [7, 11) is 1.55.